The summed E-state index contributed by atoms with van der Waals surface area (Å²) in [6.07, 6.45) is -22.9. The smallest absolute Gasteiger partial charge is 0.151 e. The van der Waals surface area contributed by atoms with Gasteiger partial charge in [-0.1, -0.05) is 0 Å². The van der Waals surface area contributed by atoms with E-state index in [9.17, 15) is 19.2 Å². The molecular formula is C22H44O22. The van der Waals surface area contributed by atoms with Crippen molar-refractivity contribution in [1.82, 2.24) is 0 Å². The zero-order valence-corrected chi connectivity index (χ0v) is 22.9. The minimum absolute atomic E-state index is 0.0258. The largest absolute Gasteiger partial charge is 0.394 e. The summed E-state index contributed by atoms with van der Waals surface area (Å²) < 4.78 is 0. The summed E-state index contributed by atoms with van der Waals surface area (Å²) in [5.74, 6) is 0. The average Bonchev–Trinajstić information content (AvgIpc) is 3.06. The molecule has 0 saturated carbocycles. The first-order valence-corrected chi connectivity index (χ1v) is 12.1. The molecule has 0 bridgehead atoms. The van der Waals surface area contributed by atoms with Gasteiger partial charge in [-0.05, 0) is 0 Å². The van der Waals surface area contributed by atoms with Crippen molar-refractivity contribution in [3.8, 4) is 0 Å². The van der Waals surface area contributed by atoms with Crippen LogP contribution in [0.25, 0.3) is 0 Å². The molecule has 18 N–H and O–H groups in total. The van der Waals surface area contributed by atoms with Crippen LogP contribution in [0.3, 0.4) is 0 Å². The summed E-state index contributed by atoms with van der Waals surface area (Å²) >= 11 is 0. The molecule has 0 radical (unpaired) electrons. The quantitative estimate of drug-likeness (QED) is 0.0606. The lowest BCUT2D eigenvalue weighted by molar-refractivity contribution is -0.136. The molecule has 0 aliphatic heterocycles. The molecule has 0 unspecified atom stereocenters. The number of aliphatic hydroxyl groups is 18. The Balaban J connectivity index is -0.000000243. The topological polar surface area (TPSA) is 432 Å². The minimum atomic E-state index is -1.79. The van der Waals surface area contributed by atoms with Gasteiger partial charge in [0.25, 0.3) is 0 Å². The second kappa shape index (κ2) is 28.4. The lowest BCUT2D eigenvalue weighted by Gasteiger charge is -2.22. The molecule has 0 heterocycles. The second-order valence-corrected chi connectivity index (χ2v) is 8.45. The Morgan fingerprint density at radius 2 is 0.455 bits per heavy atom. The highest BCUT2D eigenvalue weighted by Crippen LogP contribution is 2.04. The number of hydrogen-bond acceptors (Lipinski definition) is 22. The van der Waals surface area contributed by atoms with Crippen molar-refractivity contribution in [3.05, 3.63) is 0 Å². The van der Waals surface area contributed by atoms with Crippen LogP contribution in [0.1, 0.15) is 0 Å². The highest BCUT2D eigenvalue weighted by Gasteiger charge is 2.30. The third kappa shape index (κ3) is 20.8. The monoisotopic (exact) mass is 660 g/mol. The van der Waals surface area contributed by atoms with E-state index in [4.69, 9.17) is 91.9 Å². The second-order valence-electron chi connectivity index (χ2n) is 8.45. The van der Waals surface area contributed by atoms with Gasteiger partial charge in [0.1, 0.15) is 85.5 Å². The Bertz CT molecular complexity index is 658. The molecule has 0 amide bonds. The van der Waals surface area contributed by atoms with Crippen LogP contribution in [0.2, 0.25) is 0 Å². The maximum atomic E-state index is 9.90. The van der Waals surface area contributed by atoms with E-state index in [1.54, 1.807) is 0 Å². The Labute approximate surface area is 248 Å². The number of carbonyl (C=O) groups is 4. The maximum absolute atomic E-state index is 9.90. The normalized spacial score (nSPS) is 20.4. The van der Waals surface area contributed by atoms with Gasteiger partial charge in [-0.2, -0.15) is 0 Å². The Morgan fingerprint density at radius 1 is 0.295 bits per heavy atom. The van der Waals surface area contributed by atoms with Crippen LogP contribution in [-0.4, -0.2) is 229 Å². The molecule has 0 aromatic rings. The van der Waals surface area contributed by atoms with E-state index in [2.05, 4.69) is 0 Å². The fourth-order valence-electron chi connectivity index (χ4n) is 2.07. The summed E-state index contributed by atoms with van der Waals surface area (Å²) in [6.45, 7) is -2.90. The number of hydrogen-bond donors (Lipinski definition) is 18. The fourth-order valence-corrected chi connectivity index (χ4v) is 2.07. The van der Waals surface area contributed by atoms with E-state index < -0.39 is 112 Å². The van der Waals surface area contributed by atoms with Gasteiger partial charge >= 0.3 is 0 Å². The van der Waals surface area contributed by atoms with E-state index in [1.807, 2.05) is 0 Å². The predicted molar refractivity (Wildman–Crippen MR) is 137 cm³/mol. The van der Waals surface area contributed by atoms with Gasteiger partial charge in [-0.15, -0.1) is 0 Å². The van der Waals surface area contributed by atoms with E-state index in [1.165, 1.54) is 0 Å². The maximum Gasteiger partial charge on any atom is 0.151 e. The van der Waals surface area contributed by atoms with Gasteiger partial charge in [0, 0.05) is 0 Å². The zero-order chi connectivity index (χ0) is 35.7. The molecule has 0 saturated heterocycles. The molecule has 0 aliphatic carbocycles. The molecule has 22 nitrogen and oxygen atoms in total. The Hall–Kier alpha value is -2.04. The van der Waals surface area contributed by atoms with Gasteiger partial charge in [-0.25, -0.2) is 0 Å². The number of aliphatic hydroxyl groups excluding tert-OH is 18. The third-order valence-corrected chi connectivity index (χ3v) is 4.98. The molecule has 264 valence electrons. The van der Waals surface area contributed by atoms with Gasteiger partial charge in [0.15, 0.2) is 25.1 Å². The van der Waals surface area contributed by atoms with Gasteiger partial charge < -0.3 is 111 Å². The fraction of sp³-hybridized carbons (Fsp3) is 0.818. The SMILES string of the molecule is O=C[C@@H](O)[C@H](O)[C@H](O)CO.O=C[C@H](O)[C@@H](O)[C@@H](O)[C@H](O)CO.O=C[C@H](O)[C@@H](O)[C@H](O)CO.O=C[C@H](O)[C@@H](O)[C@H](O)[C@H](O)CO. The summed E-state index contributed by atoms with van der Waals surface area (Å²) in [6, 6.07) is 0. The van der Waals surface area contributed by atoms with Gasteiger partial charge in [0.05, 0.1) is 26.4 Å². The van der Waals surface area contributed by atoms with Gasteiger partial charge in [-0.3, -0.25) is 0 Å². The molecule has 0 rings (SSSR count). The predicted octanol–water partition coefficient (Wildman–Crippen LogP) is -12.2. The molecule has 14 atom stereocenters. The first kappa shape index (κ1) is 48.9. The number of aldehydes is 4. The summed E-state index contributed by atoms with van der Waals surface area (Å²) in [5, 5.41) is 155. The standard InChI is InChI=1S/2C6H12O6.2C5H10O5/c2*7-1-3(9)5(11)6(12)4(10)2-8;2*6-1-3(8)5(10)4(9)2-7/h2*1,3-6,8-12H,2H2;2*1,3-5,7-10H,2H2/t3-,4+,5+,6+;3-,4+,5+,6-;3-,4+,5+;3-,4-,5+/m0001/s1. The molecule has 0 spiro atoms. The van der Waals surface area contributed by atoms with Crippen LogP contribution in [0.15, 0.2) is 0 Å². The van der Waals surface area contributed by atoms with Crippen LogP contribution < -0.4 is 0 Å². The highest BCUT2D eigenvalue weighted by molar-refractivity contribution is 5.57. The molecule has 0 fully saturated rings. The highest BCUT2D eigenvalue weighted by atomic mass is 16.4. The van der Waals surface area contributed by atoms with E-state index in [-0.39, 0.29) is 25.1 Å². The third-order valence-electron chi connectivity index (χ3n) is 4.98. The van der Waals surface area contributed by atoms with Crippen molar-refractivity contribution < 1.29 is 111 Å². The number of rotatable bonds is 18. The van der Waals surface area contributed by atoms with Crippen LogP contribution in [-0.2, 0) is 19.2 Å². The zero-order valence-electron chi connectivity index (χ0n) is 22.9. The van der Waals surface area contributed by atoms with Crippen LogP contribution in [0.4, 0.5) is 0 Å². The lowest BCUT2D eigenvalue weighted by atomic mass is 10.0. The first-order chi connectivity index (χ1) is 20.3. The molecular weight excluding hydrogens is 616 g/mol. The summed E-state index contributed by atoms with van der Waals surface area (Å²) in [4.78, 5) is 39.3. The number of carbonyl (C=O) groups excluding carboxylic acids is 4. The van der Waals surface area contributed by atoms with E-state index in [0.717, 1.165) is 0 Å². The molecule has 0 aromatic heterocycles. The molecule has 0 aliphatic rings. The summed E-state index contributed by atoms with van der Waals surface area (Å²) in [7, 11) is 0. The first-order valence-electron chi connectivity index (χ1n) is 12.1. The van der Waals surface area contributed by atoms with Crippen LogP contribution in [0, 0.1) is 0 Å². The lowest BCUT2D eigenvalue weighted by Crippen LogP contribution is -2.46. The Morgan fingerprint density at radius 3 is 0.614 bits per heavy atom. The van der Waals surface area contributed by atoms with E-state index >= 15 is 0 Å². The van der Waals surface area contributed by atoms with Crippen LogP contribution >= 0.6 is 0 Å². The van der Waals surface area contributed by atoms with Crippen LogP contribution in [0.5, 0.6) is 0 Å². The van der Waals surface area contributed by atoms with Crippen molar-refractivity contribution >= 4 is 25.1 Å². The van der Waals surface area contributed by atoms with Crippen molar-refractivity contribution in [3.63, 3.8) is 0 Å². The van der Waals surface area contributed by atoms with Crippen molar-refractivity contribution in [1.29, 1.82) is 0 Å². The Kier molecular flexibility index (Phi) is 31.6. The molecule has 44 heavy (non-hydrogen) atoms. The van der Waals surface area contributed by atoms with Crippen molar-refractivity contribution in [2.45, 2.75) is 85.5 Å². The van der Waals surface area contributed by atoms with E-state index in [0.29, 0.717) is 0 Å². The molecule has 0 aromatic carbocycles. The van der Waals surface area contributed by atoms with Gasteiger partial charge in [0.2, 0.25) is 0 Å². The summed E-state index contributed by atoms with van der Waals surface area (Å²) in [5.41, 5.74) is 0. The average molecular weight is 661 g/mol. The molecule has 22 heteroatoms. The van der Waals surface area contributed by atoms with Crippen molar-refractivity contribution in [2.75, 3.05) is 26.4 Å². The van der Waals surface area contributed by atoms with Crippen molar-refractivity contribution in [2.24, 2.45) is 0 Å². The minimum Gasteiger partial charge on any atom is -0.394 e.